The summed E-state index contributed by atoms with van der Waals surface area (Å²) in [4.78, 5) is 22.7. The Morgan fingerprint density at radius 2 is 1.95 bits per heavy atom. The van der Waals surface area contributed by atoms with E-state index in [1.165, 1.54) is 0 Å². The summed E-state index contributed by atoms with van der Waals surface area (Å²) >= 11 is 11.9. The minimum absolute atomic E-state index is 0.280. The van der Waals surface area contributed by atoms with Gasteiger partial charge < -0.3 is 10.2 Å². The van der Waals surface area contributed by atoms with Crippen molar-refractivity contribution in [1.82, 2.24) is 9.97 Å². The van der Waals surface area contributed by atoms with Crippen molar-refractivity contribution in [3.8, 4) is 0 Å². The van der Waals surface area contributed by atoms with Gasteiger partial charge in [0.1, 0.15) is 5.69 Å². The zero-order valence-electron chi connectivity index (χ0n) is 12.3. The number of nitrogens with zero attached hydrogens (tertiary/aromatic N) is 3. The number of carbonyl (C=O) groups is 1. The molecule has 2 rings (SSSR count). The molecule has 0 unspecified atom stereocenters. The third-order valence-electron chi connectivity index (χ3n) is 3.10. The molecule has 1 heterocycles. The maximum Gasteiger partial charge on any atom is 0.274 e. The van der Waals surface area contributed by atoms with Crippen molar-refractivity contribution >= 4 is 40.7 Å². The van der Waals surface area contributed by atoms with Crippen LogP contribution in [0.1, 0.15) is 24.3 Å². The number of carbonyl (C=O) groups excluding carboxylic acids is 1. The first kappa shape index (κ1) is 16.5. The van der Waals surface area contributed by atoms with E-state index in [0.29, 0.717) is 21.7 Å². The summed E-state index contributed by atoms with van der Waals surface area (Å²) in [5, 5.41) is 3.60. The van der Waals surface area contributed by atoms with Gasteiger partial charge >= 0.3 is 0 Å². The molecule has 0 saturated carbocycles. The fraction of sp³-hybridized carbons (Fsp3) is 0.267. The van der Waals surface area contributed by atoms with E-state index in [4.69, 9.17) is 23.2 Å². The average molecular weight is 339 g/mol. The molecule has 1 N–H and O–H groups in total. The minimum Gasteiger partial charge on any atom is -0.341 e. The van der Waals surface area contributed by atoms with Gasteiger partial charge in [-0.15, -0.1) is 0 Å². The van der Waals surface area contributed by atoms with E-state index >= 15 is 0 Å². The highest BCUT2D eigenvalue weighted by Crippen LogP contribution is 2.25. The van der Waals surface area contributed by atoms with Crippen molar-refractivity contribution in [2.45, 2.75) is 13.8 Å². The SMILES string of the molecule is CCN(CC)c1nccc(C(=O)Nc2ccc(Cl)cc2Cl)n1. The van der Waals surface area contributed by atoms with Crippen molar-refractivity contribution in [1.29, 1.82) is 0 Å². The van der Waals surface area contributed by atoms with Gasteiger partial charge in [0.15, 0.2) is 0 Å². The summed E-state index contributed by atoms with van der Waals surface area (Å²) in [6.07, 6.45) is 1.57. The molecular weight excluding hydrogens is 323 g/mol. The molecule has 7 heteroatoms. The first-order chi connectivity index (χ1) is 10.5. The van der Waals surface area contributed by atoms with Crippen LogP contribution >= 0.6 is 23.2 Å². The molecule has 0 saturated heterocycles. The molecule has 0 radical (unpaired) electrons. The van der Waals surface area contributed by atoms with Gasteiger partial charge in [-0.1, -0.05) is 23.2 Å². The van der Waals surface area contributed by atoms with Crippen molar-refractivity contribution in [3.05, 3.63) is 46.2 Å². The molecule has 0 atom stereocenters. The lowest BCUT2D eigenvalue weighted by molar-refractivity contribution is 0.102. The van der Waals surface area contributed by atoms with E-state index in [9.17, 15) is 4.79 Å². The zero-order valence-corrected chi connectivity index (χ0v) is 13.8. The molecular formula is C15H16Cl2N4O. The number of aromatic nitrogens is 2. The third-order valence-corrected chi connectivity index (χ3v) is 3.65. The quantitative estimate of drug-likeness (QED) is 0.898. The first-order valence-corrected chi connectivity index (χ1v) is 7.65. The Labute approximate surface area is 139 Å². The molecule has 0 fully saturated rings. The van der Waals surface area contributed by atoms with Crippen molar-refractivity contribution in [2.24, 2.45) is 0 Å². The number of rotatable bonds is 5. The Morgan fingerprint density at radius 3 is 2.59 bits per heavy atom. The number of hydrogen-bond acceptors (Lipinski definition) is 4. The molecule has 22 heavy (non-hydrogen) atoms. The lowest BCUT2D eigenvalue weighted by atomic mass is 10.3. The third kappa shape index (κ3) is 3.87. The molecule has 1 aromatic carbocycles. The highest BCUT2D eigenvalue weighted by atomic mass is 35.5. The van der Waals surface area contributed by atoms with Crippen LogP contribution in [0.4, 0.5) is 11.6 Å². The minimum atomic E-state index is -0.347. The maximum absolute atomic E-state index is 12.3. The van der Waals surface area contributed by atoms with Crippen LogP contribution < -0.4 is 10.2 Å². The van der Waals surface area contributed by atoms with Crippen LogP contribution in [0.5, 0.6) is 0 Å². The molecule has 116 valence electrons. The smallest absolute Gasteiger partial charge is 0.274 e. The largest absolute Gasteiger partial charge is 0.341 e. The van der Waals surface area contributed by atoms with Crippen LogP contribution in [0.25, 0.3) is 0 Å². The topological polar surface area (TPSA) is 58.1 Å². The number of benzene rings is 1. The van der Waals surface area contributed by atoms with Crippen LogP contribution in [0.3, 0.4) is 0 Å². The first-order valence-electron chi connectivity index (χ1n) is 6.89. The molecule has 0 spiro atoms. The van der Waals surface area contributed by atoms with E-state index in [0.717, 1.165) is 13.1 Å². The Hall–Kier alpha value is -1.85. The number of anilines is 2. The van der Waals surface area contributed by atoms with Crippen molar-refractivity contribution in [3.63, 3.8) is 0 Å². The summed E-state index contributed by atoms with van der Waals surface area (Å²) in [5.41, 5.74) is 0.766. The van der Waals surface area contributed by atoms with Crippen LogP contribution in [0.2, 0.25) is 10.0 Å². The molecule has 1 aromatic heterocycles. The average Bonchev–Trinajstić information content (AvgIpc) is 2.51. The standard InChI is InChI=1S/C15H16Cl2N4O/c1-3-21(4-2)15-18-8-7-13(20-15)14(22)19-12-6-5-10(16)9-11(12)17/h5-9H,3-4H2,1-2H3,(H,19,22). The van der Waals surface area contributed by atoms with Crippen molar-refractivity contribution in [2.75, 3.05) is 23.3 Å². The molecule has 2 aromatic rings. The van der Waals surface area contributed by atoms with E-state index < -0.39 is 0 Å². The summed E-state index contributed by atoms with van der Waals surface area (Å²) < 4.78 is 0. The van der Waals surface area contributed by atoms with E-state index in [1.807, 2.05) is 18.7 Å². The van der Waals surface area contributed by atoms with Crippen LogP contribution in [0.15, 0.2) is 30.5 Å². The predicted octanol–water partition coefficient (Wildman–Crippen LogP) is 3.88. The second-order valence-corrected chi connectivity index (χ2v) is 5.34. The molecule has 1 amide bonds. The van der Waals surface area contributed by atoms with Gasteiger partial charge in [0.2, 0.25) is 5.95 Å². The molecule has 0 aliphatic carbocycles. The monoisotopic (exact) mass is 338 g/mol. The summed E-state index contributed by atoms with van der Waals surface area (Å²) in [5.74, 6) is 0.180. The number of hydrogen-bond donors (Lipinski definition) is 1. The Bertz CT molecular complexity index is 674. The highest BCUT2D eigenvalue weighted by molar-refractivity contribution is 6.36. The maximum atomic E-state index is 12.3. The second-order valence-electron chi connectivity index (χ2n) is 4.49. The second kappa shape index (κ2) is 7.42. The van der Waals surface area contributed by atoms with Gasteiger partial charge in [0.25, 0.3) is 5.91 Å². The predicted molar refractivity (Wildman–Crippen MR) is 90.0 cm³/mol. The summed E-state index contributed by atoms with van der Waals surface area (Å²) in [6.45, 7) is 5.55. The van der Waals surface area contributed by atoms with Crippen LogP contribution in [0, 0.1) is 0 Å². The van der Waals surface area contributed by atoms with E-state index in [-0.39, 0.29) is 11.6 Å². The molecule has 0 bridgehead atoms. The number of amides is 1. The lowest BCUT2D eigenvalue weighted by Gasteiger charge is -2.18. The van der Waals surface area contributed by atoms with Gasteiger partial charge in [0, 0.05) is 24.3 Å². The Morgan fingerprint density at radius 1 is 1.23 bits per heavy atom. The Kier molecular flexibility index (Phi) is 5.57. The summed E-state index contributed by atoms with van der Waals surface area (Å²) in [7, 11) is 0. The number of nitrogens with one attached hydrogen (secondary N) is 1. The fourth-order valence-corrected chi connectivity index (χ4v) is 2.37. The highest BCUT2D eigenvalue weighted by Gasteiger charge is 2.13. The molecule has 5 nitrogen and oxygen atoms in total. The van der Waals surface area contributed by atoms with Gasteiger partial charge in [-0.2, -0.15) is 0 Å². The van der Waals surface area contributed by atoms with Gasteiger partial charge in [-0.05, 0) is 38.1 Å². The Balaban J connectivity index is 2.21. The van der Waals surface area contributed by atoms with Crippen LogP contribution in [-0.2, 0) is 0 Å². The summed E-state index contributed by atoms with van der Waals surface area (Å²) in [6, 6.07) is 6.44. The van der Waals surface area contributed by atoms with E-state index in [2.05, 4.69) is 15.3 Å². The van der Waals surface area contributed by atoms with Gasteiger partial charge in [-0.25, -0.2) is 9.97 Å². The van der Waals surface area contributed by atoms with Crippen LogP contribution in [-0.4, -0.2) is 29.0 Å². The lowest BCUT2D eigenvalue weighted by Crippen LogP contribution is -2.25. The van der Waals surface area contributed by atoms with E-state index in [1.54, 1.807) is 30.5 Å². The fourth-order valence-electron chi connectivity index (χ4n) is 1.91. The molecule has 0 aliphatic rings. The van der Waals surface area contributed by atoms with Gasteiger partial charge in [0.05, 0.1) is 10.7 Å². The zero-order chi connectivity index (χ0) is 16.1. The number of halogens is 2. The molecule has 0 aliphatic heterocycles. The van der Waals surface area contributed by atoms with Gasteiger partial charge in [-0.3, -0.25) is 4.79 Å². The normalized spacial score (nSPS) is 10.4. The van der Waals surface area contributed by atoms with Crippen molar-refractivity contribution < 1.29 is 4.79 Å².